The maximum atomic E-state index is 11.8. The summed E-state index contributed by atoms with van der Waals surface area (Å²) < 4.78 is 10.7. The average Bonchev–Trinajstić information content (AvgIpc) is 3.17. The number of hydrogen-bond acceptors (Lipinski definition) is 6. The van der Waals surface area contributed by atoms with E-state index in [0.29, 0.717) is 46.2 Å². The number of anilines is 1. The molecule has 0 saturated carbocycles. The van der Waals surface area contributed by atoms with Crippen LogP contribution in [0.15, 0.2) is 42.6 Å². The minimum Gasteiger partial charge on any atom is -0.454 e. The van der Waals surface area contributed by atoms with Gasteiger partial charge in [0, 0.05) is 29.2 Å². The number of nitrogens with zero attached hydrogens (tertiary/aromatic N) is 2. The first-order valence-electron chi connectivity index (χ1n) is 9.08. The third-order valence-corrected chi connectivity index (χ3v) is 5.06. The monoisotopic (exact) mass is 443 g/mol. The quantitative estimate of drug-likeness (QED) is 0.574. The predicted molar refractivity (Wildman–Crippen MR) is 114 cm³/mol. The lowest BCUT2D eigenvalue weighted by molar-refractivity contribution is 0.0999. The van der Waals surface area contributed by atoms with E-state index in [2.05, 4.69) is 15.3 Å². The highest BCUT2D eigenvalue weighted by Crippen LogP contribution is 2.33. The second kappa shape index (κ2) is 8.77. The van der Waals surface area contributed by atoms with E-state index in [1.54, 1.807) is 24.6 Å². The van der Waals surface area contributed by atoms with Crippen molar-refractivity contribution < 1.29 is 14.3 Å². The van der Waals surface area contributed by atoms with Gasteiger partial charge in [-0.25, -0.2) is 9.97 Å². The van der Waals surface area contributed by atoms with Gasteiger partial charge in [-0.05, 0) is 41.8 Å². The van der Waals surface area contributed by atoms with Crippen LogP contribution in [0.25, 0.3) is 0 Å². The number of carbonyl (C=O) groups is 1. The molecule has 0 atom stereocenters. The third-order valence-electron chi connectivity index (χ3n) is 4.48. The molecular weight excluding hydrogens is 427 g/mol. The number of ether oxygens (including phenoxy) is 2. The first-order valence-corrected chi connectivity index (χ1v) is 9.84. The number of nitrogens with two attached hydrogens (primary N) is 1. The minimum absolute atomic E-state index is 0.185. The highest BCUT2D eigenvalue weighted by atomic mass is 35.5. The van der Waals surface area contributed by atoms with E-state index in [0.717, 1.165) is 11.1 Å². The molecule has 3 N–H and O–H groups in total. The molecule has 0 saturated heterocycles. The summed E-state index contributed by atoms with van der Waals surface area (Å²) in [5, 5.41) is 4.33. The van der Waals surface area contributed by atoms with Crippen LogP contribution in [0, 0.1) is 6.42 Å². The van der Waals surface area contributed by atoms with Gasteiger partial charge < -0.3 is 20.5 Å². The Labute approximate surface area is 183 Å². The summed E-state index contributed by atoms with van der Waals surface area (Å²) in [5.74, 6) is 1.07. The molecule has 1 amide bonds. The Hall–Kier alpha value is -3.03. The molecule has 2 heterocycles. The molecule has 1 aliphatic heterocycles. The predicted octanol–water partition coefficient (Wildman–Crippen LogP) is 3.87. The molecule has 4 rings (SSSR count). The number of benzene rings is 2. The van der Waals surface area contributed by atoms with Crippen molar-refractivity contribution >= 4 is 35.1 Å². The summed E-state index contributed by atoms with van der Waals surface area (Å²) in [5.41, 5.74) is 7.86. The van der Waals surface area contributed by atoms with Gasteiger partial charge in [0.1, 0.15) is 0 Å². The van der Waals surface area contributed by atoms with Crippen LogP contribution >= 0.6 is 23.2 Å². The SMILES string of the molecule is NC(=O)c1cnc(NCCc2ccc(Cl)cc2Cl)nc1[CH]c1ccc2c(c1)OCO2. The zero-order valence-electron chi connectivity index (χ0n) is 15.7. The molecule has 1 radical (unpaired) electrons. The zero-order chi connectivity index (χ0) is 21.1. The van der Waals surface area contributed by atoms with E-state index in [1.165, 1.54) is 6.20 Å². The smallest absolute Gasteiger partial charge is 0.252 e. The second-order valence-electron chi connectivity index (χ2n) is 6.53. The number of aromatic nitrogens is 2. The van der Waals surface area contributed by atoms with E-state index < -0.39 is 5.91 Å². The molecule has 3 aromatic rings. The number of hydrogen-bond donors (Lipinski definition) is 2. The van der Waals surface area contributed by atoms with Gasteiger partial charge in [0.2, 0.25) is 12.7 Å². The Balaban J connectivity index is 1.49. The highest BCUT2D eigenvalue weighted by Gasteiger charge is 2.17. The Morgan fingerprint density at radius 3 is 2.80 bits per heavy atom. The molecule has 9 heteroatoms. The van der Waals surface area contributed by atoms with Gasteiger partial charge in [-0.1, -0.05) is 35.3 Å². The Morgan fingerprint density at radius 2 is 2.00 bits per heavy atom. The maximum absolute atomic E-state index is 11.8. The van der Waals surface area contributed by atoms with E-state index >= 15 is 0 Å². The first kappa shape index (κ1) is 20.3. The normalized spacial score (nSPS) is 12.1. The van der Waals surface area contributed by atoms with Crippen molar-refractivity contribution in [1.29, 1.82) is 0 Å². The largest absolute Gasteiger partial charge is 0.454 e. The van der Waals surface area contributed by atoms with E-state index in [4.69, 9.17) is 38.4 Å². The standard InChI is InChI=1S/C21H17Cl2N4O3/c22-14-3-2-13(16(23)9-14)5-6-25-21-26-10-15(20(24)28)17(27-21)7-12-1-4-18-19(8-12)30-11-29-18/h1-4,7-10H,5-6,11H2,(H2,24,28)(H,25,26,27). The highest BCUT2D eigenvalue weighted by molar-refractivity contribution is 6.35. The van der Waals surface area contributed by atoms with Crippen molar-refractivity contribution in [2.24, 2.45) is 5.73 Å². The molecule has 0 fully saturated rings. The maximum Gasteiger partial charge on any atom is 0.252 e. The number of amides is 1. The lowest BCUT2D eigenvalue weighted by Gasteiger charge is -2.10. The molecule has 2 aromatic carbocycles. The van der Waals surface area contributed by atoms with Gasteiger partial charge in [0.25, 0.3) is 5.91 Å². The molecule has 1 aliphatic rings. The van der Waals surface area contributed by atoms with E-state index in [-0.39, 0.29) is 12.4 Å². The van der Waals surface area contributed by atoms with Gasteiger partial charge in [-0.2, -0.15) is 0 Å². The van der Waals surface area contributed by atoms with Crippen LogP contribution < -0.4 is 20.5 Å². The van der Waals surface area contributed by atoms with Crippen LogP contribution in [-0.2, 0) is 6.42 Å². The summed E-state index contributed by atoms with van der Waals surface area (Å²) in [7, 11) is 0. The van der Waals surface area contributed by atoms with Crippen molar-refractivity contribution in [1.82, 2.24) is 9.97 Å². The molecule has 0 bridgehead atoms. The summed E-state index contributed by atoms with van der Waals surface area (Å²) >= 11 is 12.1. The summed E-state index contributed by atoms with van der Waals surface area (Å²) in [6.45, 7) is 0.727. The van der Waals surface area contributed by atoms with Crippen LogP contribution in [0.2, 0.25) is 10.0 Å². The fraction of sp³-hybridized carbons (Fsp3) is 0.143. The second-order valence-corrected chi connectivity index (χ2v) is 7.37. The van der Waals surface area contributed by atoms with Gasteiger partial charge in [-0.3, -0.25) is 4.79 Å². The number of fused-ring (bicyclic) bond motifs is 1. The van der Waals surface area contributed by atoms with Gasteiger partial charge in [0.05, 0.1) is 11.3 Å². The molecule has 7 nitrogen and oxygen atoms in total. The molecule has 0 spiro atoms. The molecule has 1 aromatic heterocycles. The summed E-state index contributed by atoms with van der Waals surface area (Å²) in [6.07, 6.45) is 3.80. The molecule has 153 valence electrons. The van der Waals surface area contributed by atoms with Crippen LogP contribution in [-0.4, -0.2) is 29.2 Å². The lowest BCUT2D eigenvalue weighted by atomic mass is 10.1. The number of rotatable bonds is 7. The fourth-order valence-electron chi connectivity index (χ4n) is 2.97. The molecule has 0 aliphatic carbocycles. The van der Waals surface area contributed by atoms with Crippen molar-refractivity contribution in [2.75, 3.05) is 18.7 Å². The summed E-state index contributed by atoms with van der Waals surface area (Å²) in [4.78, 5) is 20.4. The zero-order valence-corrected chi connectivity index (χ0v) is 17.2. The lowest BCUT2D eigenvalue weighted by Crippen LogP contribution is -2.17. The topological polar surface area (TPSA) is 99.4 Å². The van der Waals surface area contributed by atoms with Crippen LogP contribution in [0.3, 0.4) is 0 Å². The van der Waals surface area contributed by atoms with Crippen LogP contribution in [0.5, 0.6) is 11.5 Å². The molecule has 0 unspecified atom stereocenters. The average molecular weight is 444 g/mol. The summed E-state index contributed by atoms with van der Waals surface area (Å²) in [6, 6.07) is 10.8. The van der Waals surface area contributed by atoms with E-state index in [1.807, 2.05) is 18.2 Å². The van der Waals surface area contributed by atoms with Gasteiger partial charge in [0.15, 0.2) is 11.5 Å². The van der Waals surface area contributed by atoms with E-state index in [9.17, 15) is 4.79 Å². The van der Waals surface area contributed by atoms with Crippen LogP contribution in [0.4, 0.5) is 5.95 Å². The van der Waals surface area contributed by atoms with Crippen LogP contribution in [0.1, 0.15) is 27.2 Å². The van der Waals surface area contributed by atoms with Crippen molar-refractivity contribution in [3.8, 4) is 11.5 Å². The number of primary amides is 1. The van der Waals surface area contributed by atoms with Crippen molar-refractivity contribution in [3.63, 3.8) is 0 Å². The number of halogens is 2. The first-order chi connectivity index (χ1) is 14.5. The third kappa shape index (κ3) is 4.58. The molecular formula is C21H17Cl2N4O3. The van der Waals surface area contributed by atoms with Gasteiger partial charge in [-0.15, -0.1) is 0 Å². The Morgan fingerprint density at radius 1 is 1.17 bits per heavy atom. The van der Waals surface area contributed by atoms with Gasteiger partial charge >= 0.3 is 0 Å². The number of carbonyl (C=O) groups excluding carboxylic acids is 1. The minimum atomic E-state index is -0.610. The Kier molecular flexibility index (Phi) is 5.92. The Bertz CT molecular complexity index is 1110. The van der Waals surface area contributed by atoms with Crippen molar-refractivity contribution in [3.05, 3.63) is 81.4 Å². The van der Waals surface area contributed by atoms with Crippen molar-refractivity contribution in [2.45, 2.75) is 6.42 Å². The molecule has 30 heavy (non-hydrogen) atoms. The fourth-order valence-corrected chi connectivity index (χ4v) is 3.48. The number of nitrogens with one attached hydrogen (secondary N) is 1.